The van der Waals surface area contributed by atoms with Crippen LogP contribution < -0.4 is 21.3 Å². The molecule has 2 aromatic heterocycles. The molecule has 1 amide bonds. The third kappa shape index (κ3) is 5.31. The minimum Gasteiger partial charge on any atom is -0.357 e. The average Bonchev–Trinajstić information content (AvgIpc) is 3.63. The number of rotatable bonds is 8. The first-order valence-corrected chi connectivity index (χ1v) is 11.2. The van der Waals surface area contributed by atoms with E-state index in [1.165, 1.54) is 18.3 Å². The summed E-state index contributed by atoms with van der Waals surface area (Å²) in [6.07, 6.45) is 6.43. The highest BCUT2D eigenvalue weighted by Gasteiger charge is 2.18. The molecule has 0 aliphatic carbocycles. The second-order valence-electron chi connectivity index (χ2n) is 8.20. The second kappa shape index (κ2) is 9.95. The number of halogens is 1. The lowest BCUT2D eigenvalue weighted by atomic mass is 10.2. The average molecular weight is 477 g/mol. The molecule has 5 rings (SSSR count). The van der Waals surface area contributed by atoms with Crippen molar-refractivity contribution in [2.75, 3.05) is 29.0 Å². The van der Waals surface area contributed by atoms with Gasteiger partial charge in [0.1, 0.15) is 5.82 Å². The van der Waals surface area contributed by atoms with Crippen LogP contribution in [0.2, 0.25) is 0 Å². The SMILES string of the molecule is O=C(Nc1cnn(C2CCNC2)c1)c1cccc(-n2cc(NC(O)Nc3ccccc3F)cn2)c1. The van der Waals surface area contributed by atoms with Gasteiger partial charge < -0.3 is 26.4 Å². The predicted octanol–water partition coefficient (Wildman–Crippen LogP) is 2.79. The van der Waals surface area contributed by atoms with E-state index in [1.54, 1.807) is 47.4 Å². The molecular formula is C24H25FN8O2. The maximum atomic E-state index is 13.8. The van der Waals surface area contributed by atoms with E-state index in [-0.39, 0.29) is 11.6 Å². The minimum atomic E-state index is -1.23. The topological polar surface area (TPSA) is 121 Å². The molecule has 1 aliphatic rings. The zero-order valence-electron chi connectivity index (χ0n) is 18.7. The first-order valence-electron chi connectivity index (χ1n) is 11.2. The fraction of sp³-hybridized carbons (Fsp3) is 0.208. The van der Waals surface area contributed by atoms with Gasteiger partial charge in [-0.15, -0.1) is 0 Å². The van der Waals surface area contributed by atoms with E-state index in [9.17, 15) is 14.3 Å². The lowest BCUT2D eigenvalue weighted by Crippen LogP contribution is -2.28. The standard InChI is InChI=1S/C24H25FN8O2/c25-21-6-1-2-7-22(21)31-24(35)30-18-12-27-32(15-18)19-5-3-4-16(10-19)23(34)29-17-11-28-33(14-17)20-8-9-26-13-20/h1-7,10-12,14-15,20,24,26,30-31,35H,8-9,13H2,(H,29,34). The van der Waals surface area contributed by atoms with Crippen molar-refractivity contribution in [1.82, 2.24) is 24.9 Å². The van der Waals surface area contributed by atoms with Crippen LogP contribution in [0.5, 0.6) is 0 Å². The number of para-hydroxylation sites is 1. The monoisotopic (exact) mass is 476 g/mol. The summed E-state index contributed by atoms with van der Waals surface area (Å²) in [6, 6.07) is 13.4. The van der Waals surface area contributed by atoms with Gasteiger partial charge in [-0.1, -0.05) is 18.2 Å². The van der Waals surface area contributed by atoms with Gasteiger partial charge in [-0.2, -0.15) is 10.2 Å². The summed E-state index contributed by atoms with van der Waals surface area (Å²) >= 11 is 0. The van der Waals surface area contributed by atoms with E-state index in [0.29, 0.717) is 28.7 Å². The summed E-state index contributed by atoms with van der Waals surface area (Å²) in [4.78, 5) is 12.8. The van der Waals surface area contributed by atoms with Gasteiger partial charge in [0.15, 0.2) is 0 Å². The molecule has 11 heteroatoms. The quantitative estimate of drug-likeness (QED) is 0.248. The molecule has 0 radical (unpaired) electrons. The molecule has 180 valence electrons. The number of carbonyl (C=O) groups is 1. The molecule has 4 aromatic rings. The zero-order chi connectivity index (χ0) is 24.2. The zero-order valence-corrected chi connectivity index (χ0v) is 18.7. The highest BCUT2D eigenvalue weighted by molar-refractivity contribution is 6.04. The third-order valence-electron chi connectivity index (χ3n) is 5.69. The molecule has 5 N–H and O–H groups in total. The summed E-state index contributed by atoms with van der Waals surface area (Å²) in [5.41, 5.74) is 2.43. The molecule has 2 unspecified atom stereocenters. The second-order valence-corrected chi connectivity index (χ2v) is 8.20. The molecule has 1 aliphatic heterocycles. The van der Waals surface area contributed by atoms with Gasteiger partial charge in [-0.25, -0.2) is 9.07 Å². The van der Waals surface area contributed by atoms with Gasteiger partial charge >= 0.3 is 0 Å². The summed E-state index contributed by atoms with van der Waals surface area (Å²) < 4.78 is 17.2. The van der Waals surface area contributed by atoms with Crippen molar-refractivity contribution in [3.05, 3.63) is 84.7 Å². The largest absolute Gasteiger partial charge is 0.357 e. The molecule has 2 aromatic carbocycles. The normalized spacial score (nSPS) is 16.1. The maximum absolute atomic E-state index is 13.8. The fourth-order valence-electron chi connectivity index (χ4n) is 3.92. The highest BCUT2D eigenvalue weighted by Crippen LogP contribution is 2.19. The molecule has 0 spiro atoms. The van der Waals surface area contributed by atoms with Gasteiger partial charge in [0, 0.05) is 18.3 Å². The van der Waals surface area contributed by atoms with E-state index in [0.717, 1.165) is 19.5 Å². The number of hydrogen-bond acceptors (Lipinski definition) is 7. The molecule has 10 nitrogen and oxygen atoms in total. The third-order valence-corrected chi connectivity index (χ3v) is 5.69. The smallest absolute Gasteiger partial charge is 0.255 e. The number of carbonyl (C=O) groups excluding carboxylic acids is 1. The summed E-state index contributed by atoms with van der Waals surface area (Å²) in [6.45, 7) is 1.83. The van der Waals surface area contributed by atoms with Crippen LogP contribution in [-0.4, -0.2) is 50.0 Å². The van der Waals surface area contributed by atoms with Crippen molar-refractivity contribution >= 4 is 23.0 Å². The maximum Gasteiger partial charge on any atom is 0.255 e. The fourth-order valence-corrected chi connectivity index (χ4v) is 3.92. The highest BCUT2D eigenvalue weighted by atomic mass is 19.1. The van der Waals surface area contributed by atoms with E-state index in [2.05, 4.69) is 31.5 Å². The van der Waals surface area contributed by atoms with Gasteiger partial charge in [-0.05, 0) is 43.3 Å². The Morgan fingerprint density at radius 3 is 2.77 bits per heavy atom. The Morgan fingerprint density at radius 1 is 1.09 bits per heavy atom. The number of benzene rings is 2. The number of hydrogen-bond donors (Lipinski definition) is 5. The van der Waals surface area contributed by atoms with Crippen molar-refractivity contribution < 1.29 is 14.3 Å². The number of nitrogens with zero attached hydrogens (tertiary/aromatic N) is 4. The summed E-state index contributed by atoms with van der Waals surface area (Å²) in [7, 11) is 0. The number of aliphatic hydroxyl groups is 1. The minimum absolute atomic E-state index is 0.170. The molecule has 0 bridgehead atoms. The Bertz CT molecular complexity index is 1310. The Hall–Kier alpha value is -4.22. The Kier molecular flexibility index (Phi) is 6.42. The Labute approximate surface area is 200 Å². The number of nitrogens with one attached hydrogen (secondary N) is 4. The number of anilines is 3. The van der Waals surface area contributed by atoms with Crippen molar-refractivity contribution in [3.63, 3.8) is 0 Å². The predicted molar refractivity (Wildman–Crippen MR) is 130 cm³/mol. The number of amides is 1. The van der Waals surface area contributed by atoms with Crippen molar-refractivity contribution in [2.24, 2.45) is 0 Å². The number of aliphatic hydroxyl groups excluding tert-OH is 1. The van der Waals surface area contributed by atoms with Crippen LogP contribution in [-0.2, 0) is 0 Å². The van der Waals surface area contributed by atoms with Gasteiger partial charge in [-0.3, -0.25) is 9.48 Å². The molecular weight excluding hydrogens is 451 g/mol. The Balaban J connectivity index is 1.22. The molecule has 1 saturated heterocycles. The van der Waals surface area contributed by atoms with Gasteiger partial charge in [0.25, 0.3) is 5.91 Å². The molecule has 0 saturated carbocycles. The van der Waals surface area contributed by atoms with E-state index in [4.69, 9.17) is 0 Å². The summed E-state index contributed by atoms with van der Waals surface area (Å²) in [5.74, 6) is -0.729. The molecule has 1 fully saturated rings. The van der Waals surface area contributed by atoms with Crippen LogP contribution in [0.15, 0.2) is 73.3 Å². The van der Waals surface area contributed by atoms with Crippen LogP contribution in [0.1, 0.15) is 22.8 Å². The first kappa shape index (κ1) is 22.6. The van der Waals surface area contributed by atoms with Gasteiger partial charge in [0.2, 0.25) is 6.35 Å². The number of aromatic nitrogens is 4. The van der Waals surface area contributed by atoms with E-state index < -0.39 is 12.2 Å². The molecule has 3 heterocycles. The van der Waals surface area contributed by atoms with Crippen LogP contribution in [0.25, 0.3) is 5.69 Å². The lowest BCUT2D eigenvalue weighted by Gasteiger charge is -2.15. The van der Waals surface area contributed by atoms with Crippen LogP contribution in [0.4, 0.5) is 21.5 Å². The Morgan fingerprint density at radius 2 is 1.94 bits per heavy atom. The van der Waals surface area contributed by atoms with E-state index >= 15 is 0 Å². The first-order chi connectivity index (χ1) is 17.0. The van der Waals surface area contributed by atoms with E-state index in [1.807, 2.05) is 16.9 Å². The van der Waals surface area contributed by atoms with Crippen LogP contribution in [0.3, 0.4) is 0 Å². The molecule has 2 atom stereocenters. The van der Waals surface area contributed by atoms with Crippen LogP contribution >= 0.6 is 0 Å². The van der Waals surface area contributed by atoms with Crippen molar-refractivity contribution in [1.29, 1.82) is 0 Å². The van der Waals surface area contributed by atoms with Crippen molar-refractivity contribution in [2.45, 2.75) is 18.8 Å². The molecule has 35 heavy (non-hydrogen) atoms. The summed E-state index contributed by atoms with van der Waals surface area (Å²) in [5, 5.41) is 30.5. The van der Waals surface area contributed by atoms with Crippen molar-refractivity contribution in [3.8, 4) is 5.69 Å². The van der Waals surface area contributed by atoms with Gasteiger partial charge in [0.05, 0.1) is 47.4 Å². The lowest BCUT2D eigenvalue weighted by molar-refractivity contribution is 0.102. The van der Waals surface area contributed by atoms with Crippen LogP contribution in [0, 0.1) is 5.82 Å².